The van der Waals surface area contributed by atoms with E-state index in [1.807, 2.05) is 0 Å². The lowest BCUT2D eigenvalue weighted by Crippen LogP contribution is -2.27. The summed E-state index contributed by atoms with van der Waals surface area (Å²) in [5.41, 5.74) is 0.542. The van der Waals surface area contributed by atoms with Gasteiger partial charge in [-0.25, -0.2) is 8.42 Å². The molecule has 0 spiro atoms. The van der Waals surface area contributed by atoms with Crippen molar-refractivity contribution in [1.82, 2.24) is 9.78 Å². The number of hydrogen-bond donors (Lipinski definition) is 1. The van der Waals surface area contributed by atoms with Crippen LogP contribution in [0.2, 0.25) is 0 Å². The van der Waals surface area contributed by atoms with E-state index in [0.29, 0.717) is 5.69 Å². The third kappa shape index (κ3) is 4.17. The van der Waals surface area contributed by atoms with Crippen LogP contribution in [0.4, 0.5) is 5.69 Å². The number of carbonyl (C=O) groups is 1. The van der Waals surface area contributed by atoms with Crippen LogP contribution >= 0.6 is 15.9 Å². The van der Waals surface area contributed by atoms with E-state index in [1.165, 1.54) is 18.3 Å². The number of aryl methyl sites for hydroxylation is 1. The summed E-state index contributed by atoms with van der Waals surface area (Å²) in [6.07, 6.45) is 3.15. The van der Waals surface area contributed by atoms with Crippen LogP contribution in [-0.2, 0) is 21.7 Å². The zero-order chi connectivity index (χ0) is 16.3. The second kappa shape index (κ2) is 6.62. The molecule has 0 bridgehead atoms. The molecule has 0 radical (unpaired) electrons. The fraction of sp³-hybridized carbons (Fsp3) is 0.286. The van der Waals surface area contributed by atoms with Crippen molar-refractivity contribution >= 4 is 37.4 Å². The van der Waals surface area contributed by atoms with Gasteiger partial charge in [-0.2, -0.15) is 5.10 Å². The van der Waals surface area contributed by atoms with Crippen LogP contribution in [0.15, 0.2) is 46.0 Å². The quantitative estimate of drug-likeness (QED) is 0.855. The molecule has 0 aliphatic rings. The smallest absolute Gasteiger partial charge is 0.228 e. The number of sulfone groups is 1. The molecule has 1 heterocycles. The first-order chi connectivity index (χ1) is 10.3. The van der Waals surface area contributed by atoms with Crippen molar-refractivity contribution in [3.63, 3.8) is 0 Å². The molecule has 1 aromatic carbocycles. The number of halogens is 1. The zero-order valence-corrected chi connectivity index (χ0v) is 14.6. The predicted octanol–water partition coefficient (Wildman–Crippen LogP) is 2.23. The van der Waals surface area contributed by atoms with Gasteiger partial charge in [0.1, 0.15) is 0 Å². The molecule has 1 aromatic heterocycles. The van der Waals surface area contributed by atoms with Gasteiger partial charge in [0.15, 0.2) is 9.84 Å². The van der Waals surface area contributed by atoms with Gasteiger partial charge in [0, 0.05) is 23.6 Å². The summed E-state index contributed by atoms with van der Waals surface area (Å²) in [7, 11) is -1.78. The molecule has 0 aliphatic heterocycles. The summed E-state index contributed by atoms with van der Waals surface area (Å²) in [6.45, 7) is 1.59. The number of hydrogen-bond acceptors (Lipinski definition) is 4. The number of nitrogens with zero attached hydrogens (tertiary/aromatic N) is 2. The van der Waals surface area contributed by atoms with Crippen molar-refractivity contribution in [1.29, 1.82) is 0 Å². The summed E-state index contributed by atoms with van der Waals surface area (Å²) in [4.78, 5) is 12.3. The SMILES string of the molecule is C[C@@H](CS(=O)(=O)c1ccc(Br)cc1)C(=O)Nc1cnn(C)c1. The van der Waals surface area contributed by atoms with Crippen LogP contribution in [0.3, 0.4) is 0 Å². The summed E-state index contributed by atoms with van der Waals surface area (Å²) >= 11 is 3.26. The fourth-order valence-corrected chi connectivity index (χ4v) is 3.71. The number of nitrogens with one attached hydrogen (secondary N) is 1. The Balaban J connectivity index is 2.05. The number of rotatable bonds is 5. The first kappa shape index (κ1) is 16.7. The molecule has 0 saturated carbocycles. The Kier molecular flexibility index (Phi) is 5.02. The molecule has 0 saturated heterocycles. The van der Waals surface area contributed by atoms with E-state index in [-0.39, 0.29) is 16.6 Å². The van der Waals surface area contributed by atoms with Gasteiger partial charge in [-0.05, 0) is 24.3 Å². The molecular weight excluding hydrogens is 370 g/mol. The first-order valence-electron chi connectivity index (χ1n) is 6.56. The normalized spacial score (nSPS) is 12.9. The van der Waals surface area contributed by atoms with Crippen molar-refractivity contribution in [2.24, 2.45) is 13.0 Å². The Bertz CT molecular complexity index is 769. The summed E-state index contributed by atoms with van der Waals surface area (Å²) in [6, 6.07) is 6.36. The van der Waals surface area contributed by atoms with Crippen molar-refractivity contribution in [3.8, 4) is 0 Å². The fourth-order valence-electron chi connectivity index (χ4n) is 1.89. The van der Waals surface area contributed by atoms with E-state index in [4.69, 9.17) is 0 Å². The zero-order valence-electron chi connectivity index (χ0n) is 12.2. The van der Waals surface area contributed by atoms with Crippen LogP contribution in [0, 0.1) is 5.92 Å². The van der Waals surface area contributed by atoms with Crippen LogP contribution in [0.25, 0.3) is 0 Å². The van der Waals surface area contributed by atoms with Crippen molar-refractivity contribution in [2.75, 3.05) is 11.1 Å². The van der Waals surface area contributed by atoms with Gasteiger partial charge in [0.25, 0.3) is 0 Å². The van der Waals surface area contributed by atoms with Crippen LogP contribution < -0.4 is 5.32 Å². The van der Waals surface area contributed by atoms with Crippen molar-refractivity contribution in [3.05, 3.63) is 41.1 Å². The molecule has 118 valence electrons. The summed E-state index contributed by atoms with van der Waals surface area (Å²) < 4.78 is 27.0. The number of anilines is 1. The number of amides is 1. The second-order valence-corrected chi connectivity index (χ2v) is 7.98. The summed E-state index contributed by atoms with van der Waals surface area (Å²) in [5.74, 6) is -1.27. The first-order valence-corrected chi connectivity index (χ1v) is 9.00. The number of benzene rings is 1. The monoisotopic (exact) mass is 385 g/mol. The van der Waals surface area contributed by atoms with E-state index in [9.17, 15) is 13.2 Å². The van der Waals surface area contributed by atoms with Gasteiger partial charge in [-0.15, -0.1) is 0 Å². The Morgan fingerprint density at radius 1 is 1.36 bits per heavy atom. The number of aromatic nitrogens is 2. The third-order valence-electron chi connectivity index (χ3n) is 3.06. The Labute approximate surface area is 137 Å². The minimum atomic E-state index is -3.51. The highest BCUT2D eigenvalue weighted by atomic mass is 79.9. The average molecular weight is 386 g/mol. The lowest BCUT2D eigenvalue weighted by Gasteiger charge is -2.12. The van der Waals surface area contributed by atoms with Crippen LogP contribution in [0.5, 0.6) is 0 Å². The Morgan fingerprint density at radius 3 is 2.55 bits per heavy atom. The van der Waals surface area contributed by atoms with E-state index >= 15 is 0 Å². The topological polar surface area (TPSA) is 81.1 Å². The summed E-state index contributed by atoms with van der Waals surface area (Å²) in [5, 5.41) is 6.59. The van der Waals surface area contributed by atoms with Crippen LogP contribution in [0.1, 0.15) is 6.92 Å². The maximum absolute atomic E-state index is 12.3. The van der Waals surface area contributed by atoms with E-state index in [0.717, 1.165) is 4.47 Å². The molecule has 0 fully saturated rings. The molecule has 2 rings (SSSR count). The van der Waals surface area contributed by atoms with Gasteiger partial charge in [-0.1, -0.05) is 22.9 Å². The number of carbonyl (C=O) groups excluding carboxylic acids is 1. The predicted molar refractivity (Wildman–Crippen MR) is 87.2 cm³/mol. The van der Waals surface area contributed by atoms with E-state index in [1.54, 1.807) is 37.0 Å². The molecule has 1 N–H and O–H groups in total. The Hall–Kier alpha value is -1.67. The largest absolute Gasteiger partial charge is 0.323 e. The molecule has 2 aromatic rings. The lowest BCUT2D eigenvalue weighted by atomic mass is 10.2. The molecule has 6 nitrogen and oxygen atoms in total. The van der Waals surface area contributed by atoms with Gasteiger partial charge in [0.2, 0.25) is 5.91 Å². The van der Waals surface area contributed by atoms with Gasteiger partial charge in [0.05, 0.1) is 22.5 Å². The minimum absolute atomic E-state index is 0.205. The molecule has 1 amide bonds. The van der Waals surface area contributed by atoms with Crippen LogP contribution in [-0.4, -0.2) is 29.9 Å². The van der Waals surface area contributed by atoms with Gasteiger partial charge < -0.3 is 5.32 Å². The minimum Gasteiger partial charge on any atom is -0.323 e. The van der Waals surface area contributed by atoms with Gasteiger partial charge >= 0.3 is 0 Å². The second-order valence-electron chi connectivity index (χ2n) is 5.03. The molecule has 8 heteroatoms. The molecule has 0 aliphatic carbocycles. The highest BCUT2D eigenvalue weighted by Crippen LogP contribution is 2.18. The Morgan fingerprint density at radius 2 is 2.00 bits per heavy atom. The maximum atomic E-state index is 12.3. The van der Waals surface area contributed by atoms with Crippen molar-refractivity contribution < 1.29 is 13.2 Å². The standard InChI is InChI=1S/C14H16BrN3O3S/c1-10(14(19)17-12-7-16-18(2)8-12)9-22(20,21)13-5-3-11(15)4-6-13/h3-8,10H,9H2,1-2H3,(H,17,19)/t10-/m0/s1. The highest BCUT2D eigenvalue weighted by molar-refractivity contribution is 9.10. The molecule has 0 unspecified atom stereocenters. The van der Waals surface area contributed by atoms with E-state index < -0.39 is 15.8 Å². The molecule has 22 heavy (non-hydrogen) atoms. The average Bonchev–Trinajstić information content (AvgIpc) is 2.84. The van der Waals surface area contributed by atoms with Gasteiger partial charge in [-0.3, -0.25) is 9.48 Å². The highest BCUT2D eigenvalue weighted by Gasteiger charge is 2.23. The van der Waals surface area contributed by atoms with E-state index in [2.05, 4.69) is 26.3 Å². The third-order valence-corrected chi connectivity index (χ3v) is 5.52. The maximum Gasteiger partial charge on any atom is 0.228 e. The molecular formula is C14H16BrN3O3S. The molecule has 1 atom stereocenters. The lowest BCUT2D eigenvalue weighted by molar-refractivity contribution is -0.118. The van der Waals surface area contributed by atoms with Crippen molar-refractivity contribution in [2.45, 2.75) is 11.8 Å².